The van der Waals surface area contributed by atoms with Gasteiger partial charge in [0.15, 0.2) is 11.7 Å². The minimum Gasteiger partial charge on any atom is -0.468 e. The number of hydrogen-bond donors (Lipinski definition) is 2. The maximum atomic E-state index is 12.8. The second-order valence-electron chi connectivity index (χ2n) is 10.4. The Morgan fingerprint density at radius 2 is 1.84 bits per heavy atom. The van der Waals surface area contributed by atoms with Crippen LogP contribution < -0.4 is 0 Å². The summed E-state index contributed by atoms with van der Waals surface area (Å²) in [6.07, 6.45) is 8.25. The first kappa shape index (κ1) is 23.2. The Balaban J connectivity index is 1.75. The number of fused-ring (bicyclic) bond motifs is 5. The minimum absolute atomic E-state index is 0.000817. The van der Waals surface area contributed by atoms with Gasteiger partial charge in [0.2, 0.25) is 0 Å². The van der Waals surface area contributed by atoms with Crippen molar-refractivity contribution in [3.05, 3.63) is 23.8 Å². The van der Waals surface area contributed by atoms with Crippen LogP contribution in [0.1, 0.15) is 59.3 Å². The van der Waals surface area contributed by atoms with Gasteiger partial charge in [-0.1, -0.05) is 25.5 Å². The van der Waals surface area contributed by atoms with Gasteiger partial charge in [-0.25, -0.2) is 0 Å². The van der Waals surface area contributed by atoms with Gasteiger partial charge in [-0.2, -0.15) is 0 Å². The summed E-state index contributed by atoms with van der Waals surface area (Å²) < 4.78 is 10.0. The zero-order valence-electron chi connectivity index (χ0n) is 19.3. The molecule has 1 unspecified atom stereocenters. The summed E-state index contributed by atoms with van der Waals surface area (Å²) in [5.41, 5.74) is -3.34. The molecule has 0 aromatic carbocycles. The number of carbonyl (C=O) groups excluding carboxylic acids is 3. The normalized spacial score (nSPS) is 43.4. The van der Waals surface area contributed by atoms with E-state index >= 15 is 0 Å². The molecule has 0 radical (unpaired) electrons. The van der Waals surface area contributed by atoms with E-state index in [0.717, 1.165) is 5.57 Å². The molecular formula is C25H34O7. The third kappa shape index (κ3) is 2.83. The fraction of sp³-hybridized carbons (Fsp3) is 0.720. The molecule has 3 fully saturated rings. The molecule has 176 valence electrons. The second-order valence-corrected chi connectivity index (χ2v) is 10.4. The molecule has 7 heteroatoms. The van der Waals surface area contributed by atoms with Crippen LogP contribution in [-0.4, -0.2) is 52.9 Å². The average molecular weight is 447 g/mol. The molecule has 4 aliphatic rings. The Hall–Kier alpha value is -1.99. The zero-order valence-corrected chi connectivity index (χ0v) is 19.3. The van der Waals surface area contributed by atoms with Crippen LogP contribution in [0.2, 0.25) is 0 Å². The monoisotopic (exact) mass is 446 g/mol. The molecule has 0 amide bonds. The maximum Gasteiger partial charge on any atom is 0.323 e. The molecule has 0 heterocycles. The Labute approximate surface area is 188 Å². The van der Waals surface area contributed by atoms with Gasteiger partial charge in [-0.05, 0) is 69.4 Å². The molecule has 3 saturated carbocycles. The highest BCUT2D eigenvalue weighted by molar-refractivity contribution is 6.01. The first-order chi connectivity index (χ1) is 15.0. The number of hydrogen-bond acceptors (Lipinski definition) is 7. The van der Waals surface area contributed by atoms with Crippen molar-refractivity contribution in [1.29, 1.82) is 0 Å². The molecule has 0 saturated heterocycles. The first-order valence-corrected chi connectivity index (χ1v) is 11.6. The Morgan fingerprint density at radius 1 is 1.12 bits per heavy atom. The number of ether oxygens (including phenoxy) is 2. The largest absolute Gasteiger partial charge is 0.468 e. The van der Waals surface area contributed by atoms with Crippen molar-refractivity contribution in [3.8, 4) is 0 Å². The van der Waals surface area contributed by atoms with E-state index in [2.05, 4.69) is 6.92 Å². The molecule has 0 aromatic rings. The Kier molecular flexibility index (Phi) is 5.45. The van der Waals surface area contributed by atoms with Crippen molar-refractivity contribution in [1.82, 2.24) is 0 Å². The van der Waals surface area contributed by atoms with E-state index in [9.17, 15) is 24.6 Å². The Morgan fingerprint density at radius 3 is 2.50 bits per heavy atom. The number of methoxy groups -OCH3 is 1. The van der Waals surface area contributed by atoms with Gasteiger partial charge in [0.05, 0.1) is 24.9 Å². The van der Waals surface area contributed by atoms with Crippen molar-refractivity contribution in [2.45, 2.75) is 70.5 Å². The van der Waals surface area contributed by atoms with E-state index < -0.39 is 34.5 Å². The van der Waals surface area contributed by atoms with E-state index in [0.29, 0.717) is 25.7 Å². The first-order valence-electron chi connectivity index (χ1n) is 11.6. The van der Waals surface area contributed by atoms with Gasteiger partial charge in [-0.15, -0.1) is 0 Å². The molecular weight excluding hydrogens is 412 g/mol. The minimum atomic E-state index is -1.78. The second kappa shape index (κ2) is 7.52. The molecule has 0 spiro atoms. The number of ketones is 1. The summed E-state index contributed by atoms with van der Waals surface area (Å²) in [6.45, 7) is 5.65. The number of carbonyl (C=O) groups is 3. The van der Waals surface area contributed by atoms with Crippen LogP contribution in [0.4, 0.5) is 0 Å². The third-order valence-corrected chi connectivity index (χ3v) is 9.39. The molecule has 0 bridgehead atoms. The van der Waals surface area contributed by atoms with Crippen LogP contribution in [0, 0.1) is 28.6 Å². The highest BCUT2D eigenvalue weighted by atomic mass is 16.6. The van der Waals surface area contributed by atoms with Crippen molar-refractivity contribution in [2.75, 3.05) is 13.7 Å². The smallest absolute Gasteiger partial charge is 0.323 e. The molecule has 0 aromatic heterocycles. The summed E-state index contributed by atoms with van der Waals surface area (Å²) in [7, 11) is 1.19. The van der Waals surface area contributed by atoms with Crippen LogP contribution in [-0.2, 0) is 23.9 Å². The number of rotatable bonds is 4. The summed E-state index contributed by atoms with van der Waals surface area (Å²) in [4.78, 5) is 37.4. The third-order valence-electron chi connectivity index (χ3n) is 9.39. The fourth-order valence-corrected chi connectivity index (χ4v) is 7.52. The van der Waals surface area contributed by atoms with Crippen LogP contribution in [0.3, 0.4) is 0 Å². The molecule has 4 rings (SSSR count). The number of esters is 2. The van der Waals surface area contributed by atoms with Crippen LogP contribution in [0.25, 0.3) is 0 Å². The van der Waals surface area contributed by atoms with Crippen molar-refractivity contribution in [2.24, 2.45) is 28.6 Å². The standard InChI is InChI=1S/C25H34O7/c1-5-32-21(28)19(20(27)31-4)25(30)13-12-24(29)18-7-6-15-14-16(26)8-10-22(15,2)17(18)9-11-23(24,25)3/h8,10,14,17-19,29-30H,5-7,9,11-13H2,1-4H3/t17-,18+,19+,22-,23-,24?,25-/m0/s1. The molecule has 7 nitrogen and oxygen atoms in total. The van der Waals surface area contributed by atoms with Crippen LogP contribution in [0.15, 0.2) is 23.8 Å². The fourth-order valence-electron chi connectivity index (χ4n) is 7.52. The van der Waals surface area contributed by atoms with E-state index in [1.54, 1.807) is 26.0 Å². The lowest BCUT2D eigenvalue weighted by atomic mass is 9.45. The van der Waals surface area contributed by atoms with E-state index in [1.165, 1.54) is 7.11 Å². The van der Waals surface area contributed by atoms with E-state index in [4.69, 9.17) is 9.47 Å². The van der Waals surface area contributed by atoms with Gasteiger partial charge in [0, 0.05) is 10.8 Å². The van der Waals surface area contributed by atoms with Gasteiger partial charge in [-0.3, -0.25) is 14.4 Å². The van der Waals surface area contributed by atoms with E-state index in [-0.39, 0.29) is 42.5 Å². The van der Waals surface area contributed by atoms with Gasteiger partial charge in [0.1, 0.15) is 0 Å². The molecule has 0 aliphatic heterocycles. The number of aliphatic hydroxyl groups is 2. The lowest BCUT2D eigenvalue weighted by Crippen LogP contribution is -2.67. The van der Waals surface area contributed by atoms with Crippen LogP contribution >= 0.6 is 0 Å². The van der Waals surface area contributed by atoms with Crippen LogP contribution in [0.5, 0.6) is 0 Å². The molecule has 4 aliphatic carbocycles. The molecule has 7 atom stereocenters. The van der Waals surface area contributed by atoms with E-state index in [1.807, 2.05) is 6.08 Å². The summed E-state index contributed by atoms with van der Waals surface area (Å²) in [5, 5.41) is 24.2. The van der Waals surface area contributed by atoms with Crippen molar-refractivity contribution >= 4 is 17.7 Å². The highest BCUT2D eigenvalue weighted by Crippen LogP contribution is 2.69. The van der Waals surface area contributed by atoms with Crippen molar-refractivity contribution < 1.29 is 34.1 Å². The zero-order chi connectivity index (χ0) is 23.5. The highest BCUT2D eigenvalue weighted by Gasteiger charge is 2.74. The maximum absolute atomic E-state index is 12.8. The molecule has 32 heavy (non-hydrogen) atoms. The van der Waals surface area contributed by atoms with Gasteiger partial charge < -0.3 is 19.7 Å². The van der Waals surface area contributed by atoms with Gasteiger partial charge in [0.25, 0.3) is 0 Å². The quantitative estimate of drug-likeness (QED) is 0.504. The van der Waals surface area contributed by atoms with Crippen molar-refractivity contribution in [3.63, 3.8) is 0 Å². The Bertz CT molecular complexity index is 906. The topological polar surface area (TPSA) is 110 Å². The average Bonchev–Trinajstić information content (AvgIpc) is 2.96. The predicted octanol–water partition coefficient (Wildman–Crippen LogP) is 2.49. The van der Waals surface area contributed by atoms with Gasteiger partial charge >= 0.3 is 11.9 Å². The summed E-state index contributed by atoms with van der Waals surface area (Å²) in [5.74, 6) is -3.19. The lowest BCUT2D eigenvalue weighted by Gasteiger charge is -2.62. The SMILES string of the molecule is CCOC(=O)[C@@H](C(=O)OC)[C@@]1(O)CCC2(O)[C@@H]3CCC4=CC(=O)C=C[C@]4(C)[C@H]3CC[C@@]21C. The molecule has 2 N–H and O–H groups in total. The summed E-state index contributed by atoms with van der Waals surface area (Å²) in [6, 6.07) is 0. The predicted molar refractivity (Wildman–Crippen MR) is 115 cm³/mol. The lowest BCUT2D eigenvalue weighted by molar-refractivity contribution is -0.232. The summed E-state index contributed by atoms with van der Waals surface area (Å²) >= 11 is 0. The number of allylic oxidation sites excluding steroid dienone is 4.